The first-order valence-corrected chi connectivity index (χ1v) is 12.2. The van der Waals surface area contributed by atoms with Gasteiger partial charge in [-0.05, 0) is 37.0 Å². The van der Waals surface area contributed by atoms with Crippen LogP contribution in [0, 0.1) is 11.3 Å². The summed E-state index contributed by atoms with van der Waals surface area (Å²) in [4.78, 5) is 4.05. The van der Waals surface area contributed by atoms with Crippen LogP contribution in [-0.4, -0.2) is 38.5 Å². The third kappa shape index (κ3) is 5.92. The summed E-state index contributed by atoms with van der Waals surface area (Å²) in [6.07, 6.45) is -3.71. The molecule has 1 aliphatic rings. The molecule has 1 saturated heterocycles. The number of likely N-dealkylation sites (tertiary alicyclic amines) is 1. The Labute approximate surface area is 189 Å². The van der Waals surface area contributed by atoms with Crippen molar-refractivity contribution in [2.24, 2.45) is 0 Å². The average Bonchev–Trinajstić information content (AvgIpc) is 2.76. The molecule has 1 heterocycles. The van der Waals surface area contributed by atoms with E-state index < -0.39 is 32.2 Å². The second-order valence-electron chi connectivity index (χ2n) is 7.60. The van der Waals surface area contributed by atoms with Crippen LogP contribution in [0.2, 0.25) is 0 Å². The fourth-order valence-corrected chi connectivity index (χ4v) is 4.55. The number of para-hydroxylation sites is 1. The van der Waals surface area contributed by atoms with E-state index in [2.05, 4.69) is 11.0 Å². The Kier molecular flexibility index (Phi) is 7.35. The molecular weight excluding hydrogens is 465 g/mol. The highest BCUT2D eigenvalue weighted by atomic mass is 35.7. The van der Waals surface area contributed by atoms with Gasteiger partial charge in [-0.1, -0.05) is 42.5 Å². The van der Waals surface area contributed by atoms with Crippen LogP contribution < -0.4 is 9.84 Å². The Balaban J connectivity index is 1.86. The van der Waals surface area contributed by atoms with Crippen molar-refractivity contribution >= 4 is 25.6 Å². The van der Waals surface area contributed by atoms with E-state index in [4.69, 9.17) is 10.7 Å². The summed E-state index contributed by atoms with van der Waals surface area (Å²) in [5.74, 6) is 0. The molecule has 0 radical (unpaired) electrons. The maximum absolute atomic E-state index is 13.6. The van der Waals surface area contributed by atoms with Crippen LogP contribution in [0.4, 0.5) is 18.9 Å². The number of hydrogen-bond acceptors (Lipinski definition) is 5. The molecule has 172 valence electrons. The number of nitriles is 1. The van der Waals surface area contributed by atoms with E-state index in [1.54, 1.807) is 0 Å². The van der Waals surface area contributed by atoms with Gasteiger partial charge in [0, 0.05) is 30.3 Å². The van der Waals surface area contributed by atoms with E-state index in [0.29, 0.717) is 19.6 Å². The molecule has 32 heavy (non-hydrogen) atoms. The molecule has 1 N–H and O–H groups in total. The molecule has 0 bridgehead atoms. The van der Waals surface area contributed by atoms with Gasteiger partial charge in [-0.2, -0.15) is 26.9 Å². The zero-order chi connectivity index (χ0) is 23.4. The van der Waals surface area contributed by atoms with Crippen molar-refractivity contribution in [3.63, 3.8) is 0 Å². The van der Waals surface area contributed by atoms with Gasteiger partial charge >= 0.3 is 15.4 Å². The quantitative estimate of drug-likeness (QED) is 0.471. The van der Waals surface area contributed by atoms with Crippen molar-refractivity contribution in [2.75, 3.05) is 24.6 Å². The lowest BCUT2D eigenvalue weighted by Gasteiger charge is -2.45. The number of anilines is 1. The first-order valence-electron chi connectivity index (χ1n) is 9.90. The fraction of sp³-hybridized carbons (Fsp3) is 0.381. The van der Waals surface area contributed by atoms with Crippen molar-refractivity contribution in [1.82, 2.24) is 9.73 Å². The second-order valence-corrected chi connectivity index (χ2v) is 9.88. The Morgan fingerprint density at radius 2 is 1.69 bits per heavy atom. The molecule has 11 heteroatoms. The van der Waals surface area contributed by atoms with E-state index in [9.17, 15) is 26.9 Å². The van der Waals surface area contributed by atoms with Gasteiger partial charge in [-0.3, -0.25) is 5.01 Å². The maximum Gasteiger partial charge on any atom is 0.418 e. The number of hydrazine groups is 1. The lowest BCUT2D eigenvalue weighted by atomic mass is 9.87. The van der Waals surface area contributed by atoms with Gasteiger partial charge < -0.3 is 4.90 Å². The molecule has 6 nitrogen and oxygen atoms in total. The van der Waals surface area contributed by atoms with Crippen molar-refractivity contribution in [2.45, 2.75) is 31.0 Å². The normalized spacial score (nSPS) is 17.0. The van der Waals surface area contributed by atoms with E-state index >= 15 is 0 Å². The van der Waals surface area contributed by atoms with Crippen molar-refractivity contribution in [1.29, 1.82) is 5.26 Å². The van der Waals surface area contributed by atoms with Gasteiger partial charge in [0.1, 0.15) is 5.54 Å². The number of alkyl halides is 3. The fourth-order valence-electron chi connectivity index (χ4n) is 3.85. The Hall–Kier alpha value is -2.32. The largest absolute Gasteiger partial charge is 0.418 e. The zero-order valence-electron chi connectivity index (χ0n) is 17.0. The molecule has 0 aromatic heterocycles. The van der Waals surface area contributed by atoms with Crippen LogP contribution in [0.15, 0.2) is 54.6 Å². The number of nitrogens with one attached hydrogen (secondary N) is 1. The summed E-state index contributed by atoms with van der Waals surface area (Å²) in [7, 11) is 0.872. The predicted octanol–water partition coefficient (Wildman–Crippen LogP) is 4.10. The third-order valence-electron chi connectivity index (χ3n) is 5.53. The van der Waals surface area contributed by atoms with Crippen molar-refractivity contribution in [3.8, 4) is 6.07 Å². The maximum atomic E-state index is 13.6. The second kappa shape index (κ2) is 9.67. The van der Waals surface area contributed by atoms with Gasteiger partial charge in [-0.25, -0.2) is 0 Å². The van der Waals surface area contributed by atoms with Crippen LogP contribution in [0.3, 0.4) is 0 Å². The Morgan fingerprint density at radius 3 is 2.25 bits per heavy atom. The van der Waals surface area contributed by atoms with Crippen LogP contribution in [0.25, 0.3) is 0 Å². The standard InChI is InChI=1S/C21H22ClF3N4O2S/c22-32(30,31)27-29(19-9-5-4-8-18(19)21(23,24)25)20(16-26)11-14-28(15-12-20)13-10-17-6-2-1-3-7-17/h1-9,27H,10-15H2. The van der Waals surface area contributed by atoms with E-state index in [-0.39, 0.29) is 12.8 Å². The Morgan fingerprint density at radius 1 is 1.09 bits per heavy atom. The molecule has 0 amide bonds. The molecule has 0 aliphatic carbocycles. The first kappa shape index (κ1) is 24.3. The number of hydrogen-bond donors (Lipinski definition) is 1. The third-order valence-corrected chi connectivity index (χ3v) is 6.14. The molecule has 2 aromatic carbocycles. The van der Waals surface area contributed by atoms with Crippen molar-refractivity contribution in [3.05, 3.63) is 65.7 Å². The molecular formula is C21H22ClF3N4O2S. The molecule has 2 aromatic rings. The SMILES string of the molecule is N#CC1(N(NS(=O)(=O)Cl)c2ccccc2C(F)(F)F)CCN(CCc2ccccc2)CC1. The summed E-state index contributed by atoms with van der Waals surface area (Å²) in [6, 6.07) is 16.4. The van der Waals surface area contributed by atoms with Crippen LogP contribution in [0.1, 0.15) is 24.0 Å². The highest BCUT2D eigenvalue weighted by Gasteiger charge is 2.45. The summed E-state index contributed by atoms with van der Waals surface area (Å²) >= 11 is 0. The lowest BCUT2D eigenvalue weighted by molar-refractivity contribution is -0.137. The monoisotopic (exact) mass is 486 g/mol. The van der Waals surface area contributed by atoms with E-state index in [1.807, 2.05) is 35.2 Å². The molecule has 1 fully saturated rings. The molecule has 3 rings (SSSR count). The number of halogens is 4. The van der Waals surface area contributed by atoms with Gasteiger partial charge in [0.25, 0.3) is 0 Å². The summed E-state index contributed by atoms with van der Waals surface area (Å²) in [5, 5.41) is 10.8. The lowest BCUT2D eigenvalue weighted by Crippen LogP contribution is -2.61. The minimum Gasteiger partial charge on any atom is -0.303 e. The van der Waals surface area contributed by atoms with Crippen LogP contribution >= 0.6 is 10.7 Å². The molecule has 0 spiro atoms. The van der Waals surface area contributed by atoms with Gasteiger partial charge in [0.05, 0.1) is 17.3 Å². The van der Waals surface area contributed by atoms with Gasteiger partial charge in [0.15, 0.2) is 0 Å². The zero-order valence-corrected chi connectivity index (χ0v) is 18.6. The van der Waals surface area contributed by atoms with Gasteiger partial charge in [-0.15, -0.1) is 4.83 Å². The summed E-state index contributed by atoms with van der Waals surface area (Å²) in [6.45, 7) is 1.54. The van der Waals surface area contributed by atoms with Crippen LogP contribution in [0.5, 0.6) is 0 Å². The van der Waals surface area contributed by atoms with E-state index in [1.165, 1.54) is 12.1 Å². The molecule has 0 unspecified atom stereocenters. The number of nitrogens with zero attached hydrogens (tertiary/aromatic N) is 3. The van der Waals surface area contributed by atoms with E-state index in [0.717, 1.165) is 29.1 Å². The first-order chi connectivity index (χ1) is 15.0. The molecule has 1 aliphatic heterocycles. The highest BCUT2D eigenvalue weighted by molar-refractivity contribution is 8.12. The topological polar surface area (TPSA) is 76.4 Å². The summed E-state index contributed by atoms with van der Waals surface area (Å²) < 4.78 is 64.5. The Bertz CT molecular complexity index is 1070. The molecule has 0 saturated carbocycles. The number of piperidine rings is 1. The summed E-state index contributed by atoms with van der Waals surface area (Å²) in [5.41, 5.74) is -1.91. The highest BCUT2D eigenvalue weighted by Crippen LogP contribution is 2.40. The average molecular weight is 487 g/mol. The predicted molar refractivity (Wildman–Crippen MR) is 116 cm³/mol. The minimum atomic E-state index is -4.75. The van der Waals surface area contributed by atoms with Gasteiger partial charge in [0.2, 0.25) is 0 Å². The number of benzene rings is 2. The number of rotatable bonds is 7. The smallest absolute Gasteiger partial charge is 0.303 e. The van der Waals surface area contributed by atoms with Crippen molar-refractivity contribution < 1.29 is 21.6 Å². The minimum absolute atomic E-state index is 0.129. The molecule has 0 atom stereocenters. The van der Waals surface area contributed by atoms with Crippen LogP contribution in [-0.2, 0) is 21.8 Å².